The van der Waals surface area contributed by atoms with Gasteiger partial charge in [0.25, 0.3) is 5.91 Å². The molecule has 0 aliphatic carbocycles. The standard InChI is InChI=1S/C19H14BrFN4O3/c1-19(12-3-2-4-13(20)9-12)17(26)25(18(27)23-19)10-15-22-16(24-28-15)11-5-7-14(21)8-6-11/h2-9H,10H2,1H3,(H,23,27). The summed E-state index contributed by atoms with van der Waals surface area (Å²) in [5.74, 6) is -0.450. The number of carbonyl (C=O) groups is 2. The van der Waals surface area contributed by atoms with Gasteiger partial charge in [-0.05, 0) is 48.9 Å². The summed E-state index contributed by atoms with van der Waals surface area (Å²) in [4.78, 5) is 30.6. The first-order valence-electron chi connectivity index (χ1n) is 8.35. The van der Waals surface area contributed by atoms with E-state index in [1.54, 1.807) is 25.1 Å². The van der Waals surface area contributed by atoms with E-state index in [-0.39, 0.29) is 24.1 Å². The Balaban J connectivity index is 1.56. The van der Waals surface area contributed by atoms with Crippen LogP contribution in [0.3, 0.4) is 0 Å². The Labute approximate surface area is 167 Å². The molecule has 0 bridgehead atoms. The van der Waals surface area contributed by atoms with Crippen molar-refractivity contribution >= 4 is 27.9 Å². The predicted molar refractivity (Wildman–Crippen MR) is 100 cm³/mol. The van der Waals surface area contributed by atoms with Gasteiger partial charge in [-0.3, -0.25) is 9.69 Å². The van der Waals surface area contributed by atoms with E-state index in [1.165, 1.54) is 24.3 Å². The summed E-state index contributed by atoms with van der Waals surface area (Å²) < 4.78 is 19.0. The molecule has 0 radical (unpaired) electrons. The van der Waals surface area contributed by atoms with Crippen LogP contribution < -0.4 is 5.32 Å². The summed E-state index contributed by atoms with van der Waals surface area (Å²) in [6.07, 6.45) is 0. The number of nitrogens with one attached hydrogen (secondary N) is 1. The molecule has 1 saturated heterocycles. The highest BCUT2D eigenvalue weighted by molar-refractivity contribution is 9.10. The van der Waals surface area contributed by atoms with Gasteiger partial charge in [0, 0.05) is 10.0 Å². The molecule has 2 aromatic carbocycles. The number of amides is 3. The second kappa shape index (κ2) is 6.83. The summed E-state index contributed by atoms with van der Waals surface area (Å²) in [6, 6.07) is 12.2. The SMILES string of the molecule is CC1(c2cccc(Br)c2)NC(=O)N(Cc2nc(-c3ccc(F)cc3)no2)C1=O. The predicted octanol–water partition coefficient (Wildman–Crippen LogP) is 3.61. The Bertz CT molecular complexity index is 1070. The van der Waals surface area contributed by atoms with E-state index in [0.717, 1.165) is 9.37 Å². The summed E-state index contributed by atoms with van der Waals surface area (Å²) >= 11 is 3.37. The van der Waals surface area contributed by atoms with Crippen molar-refractivity contribution in [3.05, 3.63) is 70.3 Å². The van der Waals surface area contributed by atoms with Gasteiger partial charge >= 0.3 is 6.03 Å². The molecule has 1 aliphatic heterocycles. The smallest absolute Gasteiger partial charge is 0.325 e. The zero-order chi connectivity index (χ0) is 19.9. The molecule has 0 saturated carbocycles. The number of urea groups is 1. The molecule has 7 nitrogen and oxygen atoms in total. The van der Waals surface area contributed by atoms with Gasteiger partial charge in [-0.2, -0.15) is 4.98 Å². The van der Waals surface area contributed by atoms with Crippen LogP contribution in [0.1, 0.15) is 18.4 Å². The molecular formula is C19H14BrFN4O3. The minimum absolute atomic E-state index is 0.0984. The Morgan fingerprint density at radius 1 is 1.21 bits per heavy atom. The first kappa shape index (κ1) is 18.3. The number of imide groups is 1. The fourth-order valence-electron chi connectivity index (χ4n) is 3.01. The average molecular weight is 445 g/mol. The number of hydrogen-bond donors (Lipinski definition) is 1. The first-order valence-corrected chi connectivity index (χ1v) is 9.15. The average Bonchev–Trinajstić information content (AvgIpc) is 3.22. The molecule has 3 aromatic rings. The molecule has 4 rings (SSSR count). The summed E-state index contributed by atoms with van der Waals surface area (Å²) in [5, 5.41) is 6.55. The lowest BCUT2D eigenvalue weighted by Gasteiger charge is -2.22. The molecule has 1 fully saturated rings. The van der Waals surface area contributed by atoms with Crippen LogP contribution in [0.25, 0.3) is 11.4 Å². The molecular weight excluding hydrogens is 431 g/mol. The third kappa shape index (κ3) is 3.18. The topological polar surface area (TPSA) is 88.3 Å². The zero-order valence-electron chi connectivity index (χ0n) is 14.6. The molecule has 1 atom stereocenters. The van der Waals surface area contributed by atoms with E-state index in [4.69, 9.17) is 4.52 Å². The molecule has 9 heteroatoms. The Morgan fingerprint density at radius 2 is 1.96 bits per heavy atom. The molecule has 2 heterocycles. The van der Waals surface area contributed by atoms with Gasteiger partial charge < -0.3 is 9.84 Å². The zero-order valence-corrected chi connectivity index (χ0v) is 16.2. The molecule has 3 amide bonds. The molecule has 142 valence electrons. The van der Waals surface area contributed by atoms with Crippen molar-refractivity contribution in [2.45, 2.75) is 19.0 Å². The second-order valence-electron chi connectivity index (χ2n) is 6.48. The Morgan fingerprint density at radius 3 is 2.68 bits per heavy atom. The minimum atomic E-state index is -1.19. The normalized spacial score (nSPS) is 19.2. The van der Waals surface area contributed by atoms with Crippen LogP contribution in [0.15, 0.2) is 57.5 Å². The second-order valence-corrected chi connectivity index (χ2v) is 7.39. The van der Waals surface area contributed by atoms with Gasteiger partial charge in [-0.15, -0.1) is 0 Å². The molecule has 1 aliphatic rings. The molecule has 28 heavy (non-hydrogen) atoms. The number of rotatable bonds is 4. The third-order valence-electron chi connectivity index (χ3n) is 4.54. The van der Waals surface area contributed by atoms with Crippen molar-refractivity contribution in [2.75, 3.05) is 0 Å². The maximum Gasteiger partial charge on any atom is 0.325 e. The van der Waals surface area contributed by atoms with E-state index in [1.807, 2.05) is 6.07 Å². The molecule has 1 aromatic heterocycles. The maximum absolute atomic E-state index is 13.0. The van der Waals surface area contributed by atoms with Crippen molar-refractivity contribution in [1.29, 1.82) is 0 Å². The fourth-order valence-corrected chi connectivity index (χ4v) is 3.41. The Kier molecular flexibility index (Phi) is 4.46. The molecule has 1 unspecified atom stereocenters. The number of hydrogen-bond acceptors (Lipinski definition) is 5. The lowest BCUT2D eigenvalue weighted by Crippen LogP contribution is -2.40. The summed E-state index contributed by atoms with van der Waals surface area (Å²) in [7, 11) is 0. The van der Waals surface area contributed by atoms with Gasteiger partial charge in [-0.25, -0.2) is 9.18 Å². The van der Waals surface area contributed by atoms with Crippen LogP contribution in [0.2, 0.25) is 0 Å². The molecule has 0 spiro atoms. The van der Waals surface area contributed by atoms with Gasteiger partial charge in [0.2, 0.25) is 11.7 Å². The lowest BCUT2D eigenvalue weighted by molar-refractivity contribution is -0.131. The van der Waals surface area contributed by atoms with Crippen molar-refractivity contribution in [3.8, 4) is 11.4 Å². The van der Waals surface area contributed by atoms with E-state index < -0.39 is 17.5 Å². The number of halogens is 2. The van der Waals surface area contributed by atoms with Crippen LogP contribution >= 0.6 is 15.9 Å². The molecule has 1 N–H and O–H groups in total. The number of benzene rings is 2. The van der Waals surface area contributed by atoms with E-state index in [2.05, 4.69) is 31.4 Å². The number of nitrogens with zero attached hydrogens (tertiary/aromatic N) is 3. The summed E-state index contributed by atoms with van der Waals surface area (Å²) in [5.41, 5.74) is 0.0218. The van der Waals surface area contributed by atoms with Gasteiger partial charge in [0.15, 0.2) is 0 Å². The van der Waals surface area contributed by atoms with Crippen molar-refractivity contribution in [2.24, 2.45) is 0 Å². The highest BCUT2D eigenvalue weighted by Crippen LogP contribution is 2.31. The van der Waals surface area contributed by atoms with Crippen LogP contribution in [0.5, 0.6) is 0 Å². The van der Waals surface area contributed by atoms with Crippen LogP contribution in [-0.4, -0.2) is 27.0 Å². The first-order chi connectivity index (χ1) is 13.4. The maximum atomic E-state index is 13.0. The van der Waals surface area contributed by atoms with Crippen LogP contribution in [-0.2, 0) is 16.9 Å². The van der Waals surface area contributed by atoms with E-state index in [9.17, 15) is 14.0 Å². The number of carbonyl (C=O) groups excluding carboxylic acids is 2. The van der Waals surface area contributed by atoms with E-state index >= 15 is 0 Å². The Hall–Kier alpha value is -3.07. The quantitative estimate of drug-likeness (QED) is 0.620. The minimum Gasteiger partial charge on any atom is -0.337 e. The lowest BCUT2D eigenvalue weighted by atomic mass is 9.92. The van der Waals surface area contributed by atoms with E-state index in [0.29, 0.717) is 11.1 Å². The van der Waals surface area contributed by atoms with Crippen molar-refractivity contribution in [1.82, 2.24) is 20.4 Å². The monoisotopic (exact) mass is 444 g/mol. The van der Waals surface area contributed by atoms with Gasteiger partial charge in [0.05, 0.1) is 0 Å². The van der Waals surface area contributed by atoms with Gasteiger partial charge in [-0.1, -0.05) is 33.2 Å². The van der Waals surface area contributed by atoms with Crippen LogP contribution in [0.4, 0.5) is 9.18 Å². The fraction of sp³-hybridized carbons (Fsp3) is 0.158. The van der Waals surface area contributed by atoms with Crippen molar-refractivity contribution in [3.63, 3.8) is 0 Å². The van der Waals surface area contributed by atoms with Crippen molar-refractivity contribution < 1.29 is 18.5 Å². The number of aromatic nitrogens is 2. The summed E-state index contributed by atoms with van der Waals surface area (Å²) in [6.45, 7) is 1.48. The van der Waals surface area contributed by atoms with Gasteiger partial charge in [0.1, 0.15) is 17.9 Å². The third-order valence-corrected chi connectivity index (χ3v) is 5.03. The largest absolute Gasteiger partial charge is 0.337 e. The highest BCUT2D eigenvalue weighted by Gasteiger charge is 2.49. The van der Waals surface area contributed by atoms with Crippen LogP contribution in [0, 0.1) is 5.82 Å². The highest BCUT2D eigenvalue weighted by atomic mass is 79.9.